The molecule has 0 bridgehead atoms. The van der Waals surface area contributed by atoms with Gasteiger partial charge in [-0.3, -0.25) is 4.79 Å². The van der Waals surface area contributed by atoms with Crippen LogP contribution in [0, 0.1) is 13.8 Å². The molecule has 0 aliphatic carbocycles. The molecule has 2 amide bonds. The number of nitrogens with one attached hydrogen (secondary N) is 2. The number of H-pyrrole nitrogens is 1. The first-order valence-corrected chi connectivity index (χ1v) is 10.8. The number of hydrogen-bond donors (Lipinski definition) is 2. The normalized spacial score (nSPS) is 15.9. The Kier molecular flexibility index (Phi) is 6.37. The molecule has 4 rings (SSSR count). The minimum Gasteiger partial charge on any atom is -0.376 e. The molecular weight excluding hydrogens is 390 g/mol. The topological polar surface area (TPSA) is 74.4 Å². The maximum atomic E-state index is 13.1. The summed E-state index contributed by atoms with van der Waals surface area (Å²) in [5, 5.41) is 4.00. The number of carbonyl (C=O) groups is 1. The minimum atomic E-state index is -0.195. The van der Waals surface area contributed by atoms with Crippen molar-refractivity contribution < 1.29 is 9.53 Å². The number of hydrogen-bond acceptors (Lipinski definition) is 3. The van der Waals surface area contributed by atoms with Gasteiger partial charge in [-0.1, -0.05) is 42.5 Å². The maximum absolute atomic E-state index is 13.1. The number of aromatic amines is 1. The molecule has 1 aliphatic heterocycles. The zero-order valence-corrected chi connectivity index (χ0v) is 18.1. The molecule has 3 aromatic rings. The van der Waals surface area contributed by atoms with Gasteiger partial charge in [0.2, 0.25) is 0 Å². The molecule has 0 radical (unpaired) electrons. The molecule has 1 aromatic heterocycles. The van der Waals surface area contributed by atoms with Crippen molar-refractivity contribution in [1.82, 2.24) is 15.2 Å². The van der Waals surface area contributed by atoms with Crippen LogP contribution in [-0.4, -0.2) is 35.2 Å². The third-order valence-corrected chi connectivity index (χ3v) is 5.90. The number of aryl methyl sites for hydroxylation is 2. The molecule has 6 heteroatoms. The Balaban J connectivity index is 1.57. The zero-order chi connectivity index (χ0) is 21.8. The third-order valence-electron chi connectivity index (χ3n) is 5.90. The highest BCUT2D eigenvalue weighted by molar-refractivity contribution is 5.85. The van der Waals surface area contributed by atoms with Crippen LogP contribution in [0.4, 0.5) is 4.79 Å². The van der Waals surface area contributed by atoms with Crippen molar-refractivity contribution in [2.75, 3.05) is 13.2 Å². The molecule has 2 heterocycles. The predicted molar refractivity (Wildman–Crippen MR) is 122 cm³/mol. The third kappa shape index (κ3) is 4.97. The van der Waals surface area contributed by atoms with Crippen molar-refractivity contribution in [3.8, 4) is 0 Å². The average molecular weight is 420 g/mol. The van der Waals surface area contributed by atoms with Gasteiger partial charge in [0.25, 0.3) is 5.56 Å². The number of amides is 2. The van der Waals surface area contributed by atoms with Crippen LogP contribution in [0.15, 0.2) is 53.3 Å². The summed E-state index contributed by atoms with van der Waals surface area (Å²) < 4.78 is 5.76. The van der Waals surface area contributed by atoms with Crippen LogP contribution in [0.1, 0.15) is 35.1 Å². The Morgan fingerprint density at radius 2 is 1.94 bits per heavy atom. The van der Waals surface area contributed by atoms with E-state index >= 15 is 0 Å². The van der Waals surface area contributed by atoms with E-state index < -0.39 is 0 Å². The molecule has 6 nitrogen and oxygen atoms in total. The van der Waals surface area contributed by atoms with E-state index in [1.807, 2.05) is 56.3 Å². The lowest BCUT2D eigenvalue weighted by molar-refractivity contribution is 0.0793. The highest BCUT2D eigenvalue weighted by Crippen LogP contribution is 2.21. The van der Waals surface area contributed by atoms with Crippen molar-refractivity contribution in [1.29, 1.82) is 0 Å². The minimum absolute atomic E-state index is 0.00555. The second-order valence-corrected chi connectivity index (χ2v) is 8.27. The van der Waals surface area contributed by atoms with E-state index in [0.717, 1.165) is 47.0 Å². The van der Waals surface area contributed by atoms with Gasteiger partial charge in [0.15, 0.2) is 0 Å². The van der Waals surface area contributed by atoms with Gasteiger partial charge in [-0.05, 0) is 49.4 Å². The van der Waals surface area contributed by atoms with Gasteiger partial charge in [-0.25, -0.2) is 4.79 Å². The predicted octanol–water partition coefficient (Wildman–Crippen LogP) is 4.04. The second-order valence-electron chi connectivity index (χ2n) is 8.27. The van der Waals surface area contributed by atoms with Crippen molar-refractivity contribution in [3.05, 3.63) is 81.1 Å². The lowest BCUT2D eigenvalue weighted by Crippen LogP contribution is -2.43. The molecule has 1 unspecified atom stereocenters. The number of pyridine rings is 1. The van der Waals surface area contributed by atoms with E-state index in [1.54, 1.807) is 4.90 Å². The first kappa shape index (κ1) is 21.1. The fourth-order valence-electron chi connectivity index (χ4n) is 4.08. The largest absolute Gasteiger partial charge is 0.376 e. The fourth-order valence-corrected chi connectivity index (χ4v) is 4.08. The monoisotopic (exact) mass is 419 g/mol. The molecule has 0 spiro atoms. The molecule has 1 atom stereocenters. The van der Waals surface area contributed by atoms with Gasteiger partial charge < -0.3 is 19.9 Å². The molecule has 1 saturated heterocycles. The first-order chi connectivity index (χ1) is 15.0. The van der Waals surface area contributed by atoms with E-state index in [0.29, 0.717) is 18.7 Å². The van der Waals surface area contributed by atoms with E-state index in [2.05, 4.69) is 16.4 Å². The zero-order valence-electron chi connectivity index (χ0n) is 18.1. The Hall–Kier alpha value is -3.12. The molecular formula is C25H29N3O3. The smallest absolute Gasteiger partial charge is 0.318 e. The van der Waals surface area contributed by atoms with Crippen LogP contribution in [0.2, 0.25) is 0 Å². The van der Waals surface area contributed by atoms with E-state index in [9.17, 15) is 9.59 Å². The summed E-state index contributed by atoms with van der Waals surface area (Å²) in [6.45, 7) is 5.87. The van der Waals surface area contributed by atoms with Gasteiger partial charge in [0.05, 0.1) is 18.2 Å². The number of benzene rings is 2. The van der Waals surface area contributed by atoms with Gasteiger partial charge >= 0.3 is 6.03 Å². The lowest BCUT2D eigenvalue weighted by atomic mass is 10.0. The molecule has 2 aromatic carbocycles. The Bertz CT molecular complexity index is 1120. The summed E-state index contributed by atoms with van der Waals surface area (Å²) in [5.74, 6) is 0. The molecule has 0 saturated carbocycles. The average Bonchev–Trinajstić information content (AvgIpc) is 3.29. The van der Waals surface area contributed by atoms with Gasteiger partial charge in [0.1, 0.15) is 0 Å². The highest BCUT2D eigenvalue weighted by Gasteiger charge is 2.24. The quantitative estimate of drug-likeness (QED) is 0.633. The molecule has 1 fully saturated rings. The fraction of sp³-hybridized carbons (Fsp3) is 0.360. The first-order valence-electron chi connectivity index (χ1n) is 10.8. The SMILES string of the molecule is Cc1ccc(C)c2[nH]c(=O)c(CN(CC3CCCO3)C(=O)NCc3ccccc3)cc12. The summed E-state index contributed by atoms with van der Waals surface area (Å²) in [7, 11) is 0. The van der Waals surface area contributed by atoms with Gasteiger partial charge in [-0.2, -0.15) is 0 Å². The summed E-state index contributed by atoms with van der Waals surface area (Å²) in [6, 6.07) is 15.6. The van der Waals surface area contributed by atoms with Crippen LogP contribution in [0.3, 0.4) is 0 Å². The second kappa shape index (κ2) is 9.35. The summed E-state index contributed by atoms with van der Waals surface area (Å²) in [4.78, 5) is 30.6. The van der Waals surface area contributed by atoms with Crippen LogP contribution < -0.4 is 10.9 Å². The number of nitrogens with zero attached hydrogens (tertiary/aromatic N) is 1. The van der Waals surface area contributed by atoms with Gasteiger partial charge in [0, 0.05) is 30.6 Å². The maximum Gasteiger partial charge on any atom is 0.318 e. The molecule has 162 valence electrons. The number of aromatic nitrogens is 1. The molecule has 1 aliphatic rings. The number of ether oxygens (including phenoxy) is 1. The van der Waals surface area contributed by atoms with Crippen molar-refractivity contribution in [2.24, 2.45) is 0 Å². The van der Waals surface area contributed by atoms with Crippen LogP contribution >= 0.6 is 0 Å². The van der Waals surface area contributed by atoms with E-state index in [-0.39, 0.29) is 24.2 Å². The molecule has 31 heavy (non-hydrogen) atoms. The van der Waals surface area contributed by atoms with E-state index in [4.69, 9.17) is 4.74 Å². The Morgan fingerprint density at radius 1 is 1.16 bits per heavy atom. The summed E-state index contributed by atoms with van der Waals surface area (Å²) in [5.41, 5.74) is 4.43. The molecule has 2 N–H and O–H groups in total. The Morgan fingerprint density at radius 3 is 2.68 bits per heavy atom. The number of urea groups is 1. The lowest BCUT2D eigenvalue weighted by Gasteiger charge is -2.26. The number of rotatable bonds is 6. The van der Waals surface area contributed by atoms with Crippen molar-refractivity contribution in [2.45, 2.75) is 45.9 Å². The Labute approximate surface area is 182 Å². The van der Waals surface area contributed by atoms with Crippen LogP contribution in [-0.2, 0) is 17.8 Å². The number of fused-ring (bicyclic) bond motifs is 1. The van der Waals surface area contributed by atoms with Gasteiger partial charge in [-0.15, -0.1) is 0 Å². The van der Waals surface area contributed by atoms with Crippen LogP contribution in [0.5, 0.6) is 0 Å². The highest BCUT2D eigenvalue weighted by atomic mass is 16.5. The van der Waals surface area contributed by atoms with Crippen LogP contribution in [0.25, 0.3) is 10.9 Å². The standard InChI is InChI=1S/C25H29N3O3/c1-17-10-11-18(2)23-22(17)13-20(24(29)27-23)15-28(16-21-9-6-12-31-21)25(30)26-14-19-7-4-3-5-8-19/h3-5,7-8,10-11,13,21H,6,9,12,14-16H2,1-2H3,(H,26,30)(H,27,29). The van der Waals surface area contributed by atoms with Crippen molar-refractivity contribution in [3.63, 3.8) is 0 Å². The summed E-state index contributed by atoms with van der Waals surface area (Å²) in [6.07, 6.45) is 1.93. The summed E-state index contributed by atoms with van der Waals surface area (Å²) >= 11 is 0. The van der Waals surface area contributed by atoms with Crippen molar-refractivity contribution >= 4 is 16.9 Å². The van der Waals surface area contributed by atoms with E-state index in [1.165, 1.54) is 0 Å². The number of carbonyl (C=O) groups excluding carboxylic acids is 1.